The number of aryl methyl sites for hydroxylation is 1. The van der Waals surface area contributed by atoms with Gasteiger partial charge in [-0.15, -0.1) is 0 Å². The SMILES string of the molecule is COCc1cc(C)nc(N/N=C\c2cc(I)c(OCc3ccccc3F)c(I)c2)c1C#N. The van der Waals surface area contributed by atoms with Gasteiger partial charge in [-0.3, -0.25) is 5.43 Å². The van der Waals surface area contributed by atoms with Crippen LogP contribution < -0.4 is 10.2 Å². The largest absolute Gasteiger partial charge is 0.487 e. The molecule has 9 heteroatoms. The number of hydrazone groups is 1. The van der Waals surface area contributed by atoms with E-state index in [1.807, 2.05) is 25.1 Å². The minimum atomic E-state index is -0.289. The fourth-order valence-corrected chi connectivity index (χ4v) is 5.07. The molecule has 0 fully saturated rings. The molecule has 0 radical (unpaired) electrons. The van der Waals surface area contributed by atoms with Crippen LogP contribution in [0.2, 0.25) is 0 Å². The average molecular weight is 656 g/mol. The van der Waals surface area contributed by atoms with Crippen LogP contribution >= 0.6 is 45.2 Å². The molecule has 2 aromatic carbocycles. The standard InChI is InChI=1S/C23H19FI2N4O2/c1-14-7-17(12-31-2)18(10-27)23(29-14)30-28-11-15-8-20(25)22(21(26)9-15)32-13-16-5-3-4-6-19(16)24/h3-9,11H,12-13H2,1-2H3,(H,29,30)/b28-11-. The molecule has 0 spiro atoms. The summed E-state index contributed by atoms with van der Waals surface area (Å²) in [7, 11) is 1.58. The molecule has 6 nitrogen and oxygen atoms in total. The Labute approximate surface area is 213 Å². The van der Waals surface area contributed by atoms with E-state index in [1.165, 1.54) is 6.07 Å². The lowest BCUT2D eigenvalue weighted by atomic mass is 10.1. The van der Waals surface area contributed by atoms with Gasteiger partial charge in [-0.25, -0.2) is 9.37 Å². The number of ether oxygens (including phenoxy) is 2. The summed E-state index contributed by atoms with van der Waals surface area (Å²) in [6, 6.07) is 14.4. The Kier molecular flexibility index (Phi) is 8.77. The van der Waals surface area contributed by atoms with Crippen molar-refractivity contribution >= 4 is 57.2 Å². The number of halogens is 3. The first kappa shape index (κ1) is 24.3. The highest BCUT2D eigenvalue weighted by atomic mass is 127. The lowest BCUT2D eigenvalue weighted by Crippen LogP contribution is -2.04. The van der Waals surface area contributed by atoms with Crippen LogP contribution in [0.25, 0.3) is 0 Å². The fraction of sp³-hybridized carbons (Fsp3) is 0.174. The van der Waals surface area contributed by atoms with E-state index in [-0.39, 0.29) is 12.4 Å². The minimum absolute atomic E-state index is 0.146. The van der Waals surface area contributed by atoms with Crippen LogP contribution in [-0.4, -0.2) is 18.3 Å². The molecule has 1 N–H and O–H groups in total. The number of hydrogen-bond acceptors (Lipinski definition) is 6. The van der Waals surface area contributed by atoms with E-state index in [1.54, 1.807) is 31.5 Å². The highest BCUT2D eigenvalue weighted by Crippen LogP contribution is 2.29. The van der Waals surface area contributed by atoms with Gasteiger partial charge < -0.3 is 9.47 Å². The van der Waals surface area contributed by atoms with Gasteiger partial charge in [0.1, 0.15) is 29.8 Å². The monoisotopic (exact) mass is 656 g/mol. The molecule has 0 amide bonds. The maximum atomic E-state index is 13.8. The Morgan fingerprint density at radius 2 is 1.88 bits per heavy atom. The van der Waals surface area contributed by atoms with Gasteiger partial charge in [-0.2, -0.15) is 10.4 Å². The number of methoxy groups -OCH3 is 1. The predicted molar refractivity (Wildman–Crippen MR) is 138 cm³/mol. The maximum absolute atomic E-state index is 13.8. The zero-order valence-corrected chi connectivity index (χ0v) is 21.6. The van der Waals surface area contributed by atoms with E-state index in [2.05, 4.69) is 66.8 Å². The molecule has 3 aromatic rings. The highest BCUT2D eigenvalue weighted by molar-refractivity contribution is 14.1. The van der Waals surface area contributed by atoms with Crippen LogP contribution in [0.15, 0.2) is 47.6 Å². The molecule has 0 aliphatic rings. The molecule has 0 aliphatic carbocycles. The zero-order chi connectivity index (χ0) is 23.1. The molecule has 164 valence electrons. The first-order valence-electron chi connectivity index (χ1n) is 9.46. The second-order valence-corrected chi connectivity index (χ2v) is 9.08. The van der Waals surface area contributed by atoms with Crippen molar-refractivity contribution in [3.05, 3.63) is 83.4 Å². The van der Waals surface area contributed by atoms with Crippen molar-refractivity contribution in [1.82, 2.24) is 4.98 Å². The molecule has 0 bridgehead atoms. The van der Waals surface area contributed by atoms with Crippen molar-refractivity contribution in [1.29, 1.82) is 5.26 Å². The van der Waals surface area contributed by atoms with Crippen molar-refractivity contribution < 1.29 is 13.9 Å². The summed E-state index contributed by atoms with van der Waals surface area (Å²) in [5, 5.41) is 13.8. The summed E-state index contributed by atoms with van der Waals surface area (Å²) >= 11 is 4.36. The van der Waals surface area contributed by atoms with Gasteiger partial charge in [-0.05, 0) is 81.9 Å². The zero-order valence-electron chi connectivity index (χ0n) is 17.3. The number of nitrogens with zero attached hydrogens (tertiary/aromatic N) is 3. The molecule has 32 heavy (non-hydrogen) atoms. The number of nitrogens with one attached hydrogen (secondary N) is 1. The van der Waals surface area contributed by atoms with Gasteiger partial charge >= 0.3 is 0 Å². The number of pyridine rings is 1. The van der Waals surface area contributed by atoms with E-state index in [9.17, 15) is 9.65 Å². The van der Waals surface area contributed by atoms with Gasteiger partial charge in [0.15, 0.2) is 5.82 Å². The smallest absolute Gasteiger partial charge is 0.164 e. The van der Waals surface area contributed by atoms with Gasteiger partial charge in [0.25, 0.3) is 0 Å². The molecular weight excluding hydrogens is 637 g/mol. The number of rotatable bonds is 8. The van der Waals surface area contributed by atoms with Gasteiger partial charge in [0.05, 0.1) is 20.0 Å². The summed E-state index contributed by atoms with van der Waals surface area (Å²) in [6.45, 7) is 2.31. The molecule has 0 unspecified atom stereocenters. The topological polar surface area (TPSA) is 79.5 Å². The molecule has 0 atom stereocenters. The summed E-state index contributed by atoms with van der Waals surface area (Å²) in [4.78, 5) is 4.37. The third-order valence-electron chi connectivity index (χ3n) is 4.38. The number of hydrogen-bond donors (Lipinski definition) is 1. The van der Waals surface area contributed by atoms with Crippen LogP contribution in [0.3, 0.4) is 0 Å². The molecule has 3 rings (SSSR count). The van der Waals surface area contributed by atoms with Crippen LogP contribution in [-0.2, 0) is 18.0 Å². The Balaban J connectivity index is 1.75. The maximum Gasteiger partial charge on any atom is 0.164 e. The molecular formula is C23H19FI2N4O2. The van der Waals surface area contributed by atoms with E-state index in [0.29, 0.717) is 29.3 Å². The van der Waals surface area contributed by atoms with Crippen LogP contribution in [0.5, 0.6) is 5.75 Å². The number of anilines is 1. The van der Waals surface area contributed by atoms with E-state index in [4.69, 9.17) is 9.47 Å². The Morgan fingerprint density at radius 3 is 2.53 bits per heavy atom. The van der Waals surface area contributed by atoms with Crippen LogP contribution in [0, 0.1) is 31.2 Å². The Bertz CT molecular complexity index is 1170. The third kappa shape index (κ3) is 6.14. The average Bonchev–Trinajstić information content (AvgIpc) is 2.74. The highest BCUT2D eigenvalue weighted by Gasteiger charge is 2.12. The normalized spacial score (nSPS) is 10.9. The lowest BCUT2D eigenvalue weighted by Gasteiger charge is -2.12. The Hall–Kier alpha value is -2.30. The second-order valence-electron chi connectivity index (χ2n) is 6.75. The Morgan fingerprint density at radius 1 is 1.16 bits per heavy atom. The van der Waals surface area contributed by atoms with E-state index >= 15 is 0 Å². The van der Waals surface area contributed by atoms with Crippen molar-refractivity contribution in [3.8, 4) is 11.8 Å². The molecule has 1 aromatic heterocycles. The van der Waals surface area contributed by atoms with E-state index < -0.39 is 0 Å². The summed E-state index contributed by atoms with van der Waals surface area (Å²) in [6.07, 6.45) is 1.64. The van der Waals surface area contributed by atoms with Gasteiger partial charge in [0.2, 0.25) is 0 Å². The van der Waals surface area contributed by atoms with Crippen molar-refractivity contribution in [3.63, 3.8) is 0 Å². The van der Waals surface area contributed by atoms with Gasteiger partial charge in [-0.1, -0.05) is 18.2 Å². The molecule has 0 saturated carbocycles. The summed E-state index contributed by atoms with van der Waals surface area (Å²) in [5.41, 5.74) is 6.11. The first-order valence-corrected chi connectivity index (χ1v) is 11.6. The van der Waals surface area contributed by atoms with Crippen molar-refractivity contribution in [2.24, 2.45) is 5.10 Å². The minimum Gasteiger partial charge on any atom is -0.487 e. The predicted octanol–water partition coefficient (Wildman–Crippen LogP) is 5.78. The summed E-state index contributed by atoms with van der Waals surface area (Å²) < 4.78 is 26.6. The number of nitriles is 1. The van der Waals surface area contributed by atoms with Crippen LogP contribution in [0.4, 0.5) is 10.2 Å². The molecule has 0 saturated heterocycles. The van der Waals surface area contributed by atoms with Crippen molar-refractivity contribution in [2.75, 3.05) is 12.5 Å². The second kappa shape index (κ2) is 11.5. The van der Waals surface area contributed by atoms with Crippen LogP contribution in [0.1, 0.15) is 27.9 Å². The first-order chi connectivity index (χ1) is 15.4. The number of benzene rings is 2. The lowest BCUT2D eigenvalue weighted by molar-refractivity contribution is 0.184. The quantitative estimate of drug-likeness (QED) is 0.189. The van der Waals surface area contributed by atoms with Crippen molar-refractivity contribution in [2.45, 2.75) is 20.1 Å². The molecule has 0 aliphatic heterocycles. The summed E-state index contributed by atoms with van der Waals surface area (Å²) in [5.74, 6) is 0.781. The fourth-order valence-electron chi connectivity index (χ4n) is 2.94. The number of aromatic nitrogens is 1. The van der Waals surface area contributed by atoms with Gasteiger partial charge in [0, 0.05) is 23.9 Å². The third-order valence-corrected chi connectivity index (χ3v) is 5.98. The molecule has 1 heterocycles. The van der Waals surface area contributed by atoms with E-state index in [0.717, 1.165) is 24.0 Å².